The molecule has 0 aliphatic rings. The fourth-order valence-electron chi connectivity index (χ4n) is 5.74. The molecule has 5 atom stereocenters. The fraction of sp³-hybridized carbons (Fsp3) is 0.917. The van der Waals surface area contributed by atoms with Gasteiger partial charge in [-0.1, -0.05) is 119 Å². The SMILES string of the molecule is CCCCCC(CCC)COC(=O)CC(C(=O)OCC(CCC)CCCCC)C(O)C(=O)OCC(CCC)CCCCC. The second kappa shape index (κ2) is 27.9. The minimum atomic E-state index is -1.78. The van der Waals surface area contributed by atoms with Crippen molar-refractivity contribution in [1.82, 2.24) is 0 Å². The highest BCUT2D eigenvalue weighted by Crippen LogP contribution is 2.22. The van der Waals surface area contributed by atoms with E-state index >= 15 is 0 Å². The Balaban J connectivity index is 5.47. The topological polar surface area (TPSA) is 99.1 Å². The van der Waals surface area contributed by atoms with Crippen molar-refractivity contribution >= 4 is 17.9 Å². The van der Waals surface area contributed by atoms with Crippen LogP contribution in [0.5, 0.6) is 0 Å². The van der Waals surface area contributed by atoms with E-state index in [1.54, 1.807) is 0 Å². The standard InChI is InChI=1S/C36H68O7/c1-7-13-16-22-29(19-10-4)26-41-33(37)25-32(35(39)42-27-30(20-11-5)23-17-14-8-2)34(38)36(40)43-28-31(21-12-6)24-18-15-9-3/h29-32,34,38H,7-28H2,1-6H3. The van der Waals surface area contributed by atoms with Crippen LogP contribution in [0, 0.1) is 23.7 Å². The third-order valence-electron chi connectivity index (χ3n) is 8.45. The van der Waals surface area contributed by atoms with Gasteiger partial charge in [0.05, 0.1) is 26.2 Å². The highest BCUT2D eigenvalue weighted by molar-refractivity contribution is 5.87. The Kier molecular flexibility index (Phi) is 26.8. The molecule has 0 bridgehead atoms. The van der Waals surface area contributed by atoms with Crippen molar-refractivity contribution in [3.8, 4) is 0 Å². The van der Waals surface area contributed by atoms with Crippen LogP contribution in [0.2, 0.25) is 0 Å². The first-order chi connectivity index (χ1) is 20.8. The molecule has 0 radical (unpaired) electrons. The van der Waals surface area contributed by atoms with Gasteiger partial charge < -0.3 is 19.3 Å². The number of rotatable bonds is 29. The Morgan fingerprint density at radius 2 is 0.860 bits per heavy atom. The van der Waals surface area contributed by atoms with Crippen molar-refractivity contribution < 1.29 is 33.7 Å². The van der Waals surface area contributed by atoms with Gasteiger partial charge >= 0.3 is 17.9 Å². The van der Waals surface area contributed by atoms with E-state index in [0.29, 0.717) is 0 Å². The summed E-state index contributed by atoms with van der Waals surface area (Å²) in [4.78, 5) is 39.2. The molecule has 0 rings (SSSR count). The van der Waals surface area contributed by atoms with Gasteiger partial charge in [-0.15, -0.1) is 0 Å². The van der Waals surface area contributed by atoms with E-state index in [2.05, 4.69) is 41.5 Å². The maximum absolute atomic E-state index is 13.3. The highest BCUT2D eigenvalue weighted by atomic mass is 16.6. The molecule has 7 nitrogen and oxygen atoms in total. The maximum atomic E-state index is 13.3. The smallest absolute Gasteiger partial charge is 0.335 e. The number of carbonyl (C=O) groups is 3. The molecular formula is C36H68O7. The third-order valence-corrected chi connectivity index (χ3v) is 8.45. The van der Waals surface area contributed by atoms with Gasteiger partial charge in [-0.2, -0.15) is 0 Å². The first kappa shape index (κ1) is 41.4. The number of aliphatic hydroxyl groups excluding tert-OH is 1. The summed E-state index contributed by atoms with van der Waals surface area (Å²) >= 11 is 0. The molecule has 0 aromatic heterocycles. The lowest BCUT2D eigenvalue weighted by molar-refractivity contribution is -0.171. The molecule has 5 unspecified atom stereocenters. The van der Waals surface area contributed by atoms with Gasteiger partial charge in [-0.05, 0) is 56.3 Å². The predicted octanol–water partition coefficient (Wildman–Crippen LogP) is 8.97. The van der Waals surface area contributed by atoms with Gasteiger partial charge in [0.2, 0.25) is 0 Å². The number of ether oxygens (including phenoxy) is 3. The van der Waals surface area contributed by atoms with Crippen LogP contribution in [-0.4, -0.2) is 48.9 Å². The molecular weight excluding hydrogens is 544 g/mol. The number of hydrogen-bond acceptors (Lipinski definition) is 7. The summed E-state index contributed by atoms with van der Waals surface area (Å²) in [5.41, 5.74) is 0. The van der Waals surface area contributed by atoms with E-state index in [1.807, 2.05) is 0 Å². The molecule has 254 valence electrons. The Labute approximate surface area is 264 Å². The quantitative estimate of drug-likeness (QED) is 0.0511. The van der Waals surface area contributed by atoms with E-state index in [4.69, 9.17) is 14.2 Å². The predicted molar refractivity (Wildman–Crippen MR) is 175 cm³/mol. The number of unbranched alkanes of at least 4 members (excludes halogenated alkanes) is 6. The van der Waals surface area contributed by atoms with Crippen LogP contribution in [0.3, 0.4) is 0 Å². The van der Waals surface area contributed by atoms with Gasteiger partial charge in [-0.25, -0.2) is 4.79 Å². The normalized spacial score (nSPS) is 14.9. The van der Waals surface area contributed by atoms with Crippen LogP contribution < -0.4 is 0 Å². The van der Waals surface area contributed by atoms with Crippen LogP contribution in [0.1, 0.15) is 164 Å². The van der Waals surface area contributed by atoms with Crippen molar-refractivity contribution in [2.45, 2.75) is 170 Å². The van der Waals surface area contributed by atoms with E-state index in [1.165, 1.54) is 0 Å². The average molecular weight is 613 g/mol. The van der Waals surface area contributed by atoms with E-state index in [9.17, 15) is 19.5 Å². The second-order valence-electron chi connectivity index (χ2n) is 12.6. The van der Waals surface area contributed by atoms with Crippen molar-refractivity contribution in [2.24, 2.45) is 23.7 Å². The van der Waals surface area contributed by atoms with Gasteiger partial charge in [0.15, 0.2) is 6.10 Å². The summed E-state index contributed by atoms with van der Waals surface area (Å²) < 4.78 is 16.8. The Morgan fingerprint density at radius 3 is 1.23 bits per heavy atom. The molecule has 0 aliphatic carbocycles. The van der Waals surface area contributed by atoms with E-state index in [-0.39, 0.29) is 37.6 Å². The summed E-state index contributed by atoms with van der Waals surface area (Å²) in [6, 6.07) is 0. The molecule has 0 spiro atoms. The molecule has 1 N–H and O–H groups in total. The number of aliphatic hydroxyl groups is 1. The van der Waals surface area contributed by atoms with Gasteiger partial charge in [0.1, 0.15) is 5.92 Å². The lowest BCUT2D eigenvalue weighted by atomic mass is 9.96. The van der Waals surface area contributed by atoms with Gasteiger partial charge in [0, 0.05) is 0 Å². The molecule has 0 aliphatic heterocycles. The second-order valence-corrected chi connectivity index (χ2v) is 12.6. The molecule has 0 saturated heterocycles. The molecule has 0 fully saturated rings. The van der Waals surface area contributed by atoms with Crippen LogP contribution in [0.25, 0.3) is 0 Å². The summed E-state index contributed by atoms with van der Waals surface area (Å²) in [6.45, 7) is 13.5. The Hall–Kier alpha value is -1.63. The van der Waals surface area contributed by atoms with Crippen LogP contribution in [0.15, 0.2) is 0 Å². The van der Waals surface area contributed by atoms with Crippen molar-refractivity contribution in [3.05, 3.63) is 0 Å². The van der Waals surface area contributed by atoms with Crippen LogP contribution in [-0.2, 0) is 28.6 Å². The fourth-order valence-corrected chi connectivity index (χ4v) is 5.74. The molecule has 0 heterocycles. The minimum Gasteiger partial charge on any atom is -0.465 e. The molecule has 0 aromatic carbocycles. The lowest BCUT2D eigenvalue weighted by Gasteiger charge is -2.23. The zero-order chi connectivity index (χ0) is 32.3. The summed E-state index contributed by atoms with van der Waals surface area (Å²) in [6.07, 6.45) is 16.5. The van der Waals surface area contributed by atoms with Crippen molar-refractivity contribution in [2.75, 3.05) is 19.8 Å². The summed E-state index contributed by atoms with van der Waals surface area (Å²) in [5.74, 6) is -2.87. The highest BCUT2D eigenvalue weighted by Gasteiger charge is 2.37. The minimum absolute atomic E-state index is 0.201. The molecule has 0 amide bonds. The van der Waals surface area contributed by atoms with E-state index < -0.39 is 36.4 Å². The summed E-state index contributed by atoms with van der Waals surface area (Å²) in [7, 11) is 0. The zero-order valence-corrected chi connectivity index (χ0v) is 28.8. The third kappa shape index (κ3) is 20.9. The van der Waals surface area contributed by atoms with E-state index in [0.717, 1.165) is 116 Å². The van der Waals surface area contributed by atoms with Crippen LogP contribution >= 0.6 is 0 Å². The number of carbonyl (C=O) groups excluding carboxylic acids is 3. The first-order valence-corrected chi connectivity index (χ1v) is 17.9. The first-order valence-electron chi connectivity index (χ1n) is 17.9. The Morgan fingerprint density at radius 1 is 0.488 bits per heavy atom. The Bertz CT molecular complexity index is 695. The lowest BCUT2D eigenvalue weighted by Crippen LogP contribution is -2.40. The van der Waals surface area contributed by atoms with Crippen molar-refractivity contribution in [3.63, 3.8) is 0 Å². The van der Waals surface area contributed by atoms with Crippen molar-refractivity contribution in [1.29, 1.82) is 0 Å². The van der Waals surface area contributed by atoms with Crippen LogP contribution in [0.4, 0.5) is 0 Å². The average Bonchev–Trinajstić information content (AvgIpc) is 2.99. The molecule has 0 saturated carbocycles. The number of hydrogen-bond donors (Lipinski definition) is 1. The molecule has 43 heavy (non-hydrogen) atoms. The van der Waals surface area contributed by atoms with Gasteiger partial charge in [0.25, 0.3) is 0 Å². The molecule has 0 aromatic rings. The number of esters is 3. The molecule has 7 heteroatoms. The van der Waals surface area contributed by atoms with Gasteiger partial charge in [-0.3, -0.25) is 9.59 Å². The largest absolute Gasteiger partial charge is 0.465 e. The zero-order valence-electron chi connectivity index (χ0n) is 28.8. The monoisotopic (exact) mass is 612 g/mol. The maximum Gasteiger partial charge on any atom is 0.335 e. The summed E-state index contributed by atoms with van der Waals surface area (Å²) in [5, 5.41) is 11.0.